The highest BCUT2D eigenvalue weighted by Crippen LogP contribution is 2.12. The molecule has 0 fully saturated rings. The predicted octanol–water partition coefficient (Wildman–Crippen LogP) is 0.736. The minimum Gasteiger partial charge on any atom is -0.325 e. The lowest BCUT2D eigenvalue weighted by Crippen LogP contribution is -2.44. The fraction of sp³-hybridized carbons (Fsp3) is 0.875. The molecule has 0 saturated heterocycles. The van der Waals surface area contributed by atoms with Crippen LogP contribution in [0, 0.1) is 12.8 Å². The number of hydrogen-bond acceptors (Lipinski definition) is 2. The van der Waals surface area contributed by atoms with Crippen molar-refractivity contribution in [2.45, 2.75) is 19.4 Å². The zero-order chi connectivity index (χ0) is 8.36. The third-order valence-corrected chi connectivity index (χ3v) is 1.64. The lowest BCUT2D eigenvalue weighted by atomic mass is 9.90. The van der Waals surface area contributed by atoms with Crippen LogP contribution in [0.25, 0.3) is 0 Å². The molecule has 0 aromatic rings. The van der Waals surface area contributed by atoms with Gasteiger partial charge in [-0.05, 0) is 40.8 Å². The van der Waals surface area contributed by atoms with Crippen LogP contribution in [0.1, 0.15) is 13.8 Å². The van der Waals surface area contributed by atoms with Gasteiger partial charge in [0, 0.05) is 12.1 Å². The fourth-order valence-electron chi connectivity index (χ4n) is 0.676. The second kappa shape index (κ2) is 3.35. The van der Waals surface area contributed by atoms with Crippen molar-refractivity contribution in [3.8, 4) is 0 Å². The van der Waals surface area contributed by atoms with Crippen LogP contribution in [0.3, 0.4) is 0 Å². The first kappa shape index (κ1) is 9.92. The number of nitrogens with two attached hydrogens (primary N) is 1. The highest BCUT2D eigenvalue weighted by Gasteiger charge is 2.20. The van der Waals surface area contributed by atoms with E-state index in [0.717, 1.165) is 6.54 Å². The summed E-state index contributed by atoms with van der Waals surface area (Å²) in [4.78, 5) is 2.10. The van der Waals surface area contributed by atoms with E-state index in [2.05, 4.69) is 11.8 Å². The zero-order valence-corrected chi connectivity index (χ0v) is 7.52. The minimum absolute atomic E-state index is 0.162. The van der Waals surface area contributed by atoms with Crippen molar-refractivity contribution in [2.75, 3.05) is 20.6 Å². The predicted molar refractivity (Wildman–Crippen MR) is 45.7 cm³/mol. The molecule has 2 heteroatoms. The summed E-state index contributed by atoms with van der Waals surface area (Å²) in [7, 11) is 4.06. The topological polar surface area (TPSA) is 29.3 Å². The molecule has 10 heavy (non-hydrogen) atoms. The molecular formula is C8H19N2. The van der Waals surface area contributed by atoms with E-state index in [0.29, 0.717) is 5.92 Å². The van der Waals surface area contributed by atoms with Crippen molar-refractivity contribution in [2.24, 2.45) is 11.7 Å². The molecule has 0 saturated carbocycles. The molecule has 0 bridgehead atoms. The minimum atomic E-state index is -0.162. The molecule has 0 aliphatic heterocycles. The summed E-state index contributed by atoms with van der Waals surface area (Å²) < 4.78 is 0. The normalized spacial score (nSPS) is 15.9. The van der Waals surface area contributed by atoms with Crippen LogP contribution in [0.4, 0.5) is 0 Å². The van der Waals surface area contributed by atoms with E-state index in [4.69, 9.17) is 5.73 Å². The molecule has 0 spiro atoms. The summed E-state index contributed by atoms with van der Waals surface area (Å²) in [6.07, 6.45) is 0. The smallest absolute Gasteiger partial charge is 0.0138 e. The van der Waals surface area contributed by atoms with E-state index in [1.165, 1.54) is 0 Å². The Morgan fingerprint density at radius 2 is 1.90 bits per heavy atom. The lowest BCUT2D eigenvalue weighted by molar-refractivity contribution is 0.278. The van der Waals surface area contributed by atoms with Gasteiger partial charge in [0.2, 0.25) is 0 Å². The zero-order valence-electron chi connectivity index (χ0n) is 7.52. The van der Waals surface area contributed by atoms with Crippen LogP contribution in [0.15, 0.2) is 0 Å². The second-order valence-corrected chi connectivity index (χ2v) is 3.78. The lowest BCUT2D eigenvalue weighted by Gasteiger charge is -2.29. The van der Waals surface area contributed by atoms with Crippen molar-refractivity contribution < 1.29 is 0 Å². The molecule has 0 rings (SSSR count). The van der Waals surface area contributed by atoms with E-state index in [1.807, 2.05) is 27.9 Å². The Balaban J connectivity index is 3.73. The largest absolute Gasteiger partial charge is 0.325 e. The van der Waals surface area contributed by atoms with Crippen LogP contribution in [0.5, 0.6) is 0 Å². The Labute approximate surface area is 64.4 Å². The Kier molecular flexibility index (Phi) is 3.33. The number of rotatable bonds is 3. The summed E-state index contributed by atoms with van der Waals surface area (Å²) >= 11 is 0. The van der Waals surface area contributed by atoms with Crippen molar-refractivity contribution >= 4 is 0 Å². The molecule has 2 N–H and O–H groups in total. The fourth-order valence-corrected chi connectivity index (χ4v) is 0.676. The molecule has 61 valence electrons. The molecule has 0 aromatic heterocycles. The van der Waals surface area contributed by atoms with Gasteiger partial charge >= 0.3 is 0 Å². The SMILES string of the molecule is [CH2]C(CN(C)C)C(C)(C)N. The van der Waals surface area contributed by atoms with E-state index in [9.17, 15) is 0 Å². The van der Waals surface area contributed by atoms with E-state index in [-0.39, 0.29) is 5.54 Å². The third kappa shape index (κ3) is 3.85. The van der Waals surface area contributed by atoms with Gasteiger partial charge in [0.1, 0.15) is 0 Å². The Bertz CT molecular complexity index is 91.9. The Hall–Kier alpha value is -0.0800. The van der Waals surface area contributed by atoms with Gasteiger partial charge in [-0.3, -0.25) is 0 Å². The van der Waals surface area contributed by atoms with Crippen molar-refractivity contribution in [1.29, 1.82) is 0 Å². The molecule has 0 aliphatic carbocycles. The van der Waals surface area contributed by atoms with E-state index in [1.54, 1.807) is 0 Å². The van der Waals surface area contributed by atoms with Crippen molar-refractivity contribution in [3.05, 3.63) is 6.92 Å². The van der Waals surface area contributed by atoms with Gasteiger partial charge in [-0.1, -0.05) is 0 Å². The first-order chi connectivity index (χ1) is 4.34. The monoisotopic (exact) mass is 143 g/mol. The summed E-state index contributed by atoms with van der Waals surface area (Å²) in [5.74, 6) is 0.294. The summed E-state index contributed by atoms with van der Waals surface area (Å²) in [6, 6.07) is 0. The summed E-state index contributed by atoms with van der Waals surface area (Å²) in [5.41, 5.74) is 5.68. The molecular weight excluding hydrogens is 124 g/mol. The maximum atomic E-state index is 5.84. The average Bonchev–Trinajstić information content (AvgIpc) is 1.60. The van der Waals surface area contributed by atoms with Crippen LogP contribution in [-0.4, -0.2) is 31.1 Å². The van der Waals surface area contributed by atoms with Gasteiger partial charge in [0.05, 0.1) is 0 Å². The highest BCUT2D eigenvalue weighted by atomic mass is 15.1. The Morgan fingerprint density at radius 3 is 2.00 bits per heavy atom. The van der Waals surface area contributed by atoms with Gasteiger partial charge in [0.15, 0.2) is 0 Å². The van der Waals surface area contributed by atoms with Crippen molar-refractivity contribution in [1.82, 2.24) is 4.90 Å². The molecule has 1 radical (unpaired) electrons. The van der Waals surface area contributed by atoms with Crippen LogP contribution >= 0.6 is 0 Å². The molecule has 0 aliphatic rings. The molecule has 1 atom stereocenters. The standard InChI is InChI=1S/C8H19N2/c1-7(6-10(4)5)8(2,3)9/h7H,1,6,9H2,2-5H3. The summed E-state index contributed by atoms with van der Waals surface area (Å²) in [6.45, 7) is 8.95. The van der Waals surface area contributed by atoms with E-state index < -0.39 is 0 Å². The van der Waals surface area contributed by atoms with Crippen LogP contribution < -0.4 is 5.73 Å². The third-order valence-electron chi connectivity index (χ3n) is 1.64. The first-order valence-electron chi connectivity index (χ1n) is 3.60. The van der Waals surface area contributed by atoms with Crippen LogP contribution in [0.2, 0.25) is 0 Å². The molecule has 2 nitrogen and oxygen atoms in total. The first-order valence-corrected chi connectivity index (χ1v) is 3.60. The molecule has 1 unspecified atom stereocenters. The average molecular weight is 143 g/mol. The molecule has 0 heterocycles. The van der Waals surface area contributed by atoms with Gasteiger partial charge < -0.3 is 10.6 Å². The molecule has 0 aromatic carbocycles. The second-order valence-electron chi connectivity index (χ2n) is 3.78. The molecule has 0 amide bonds. The Morgan fingerprint density at radius 1 is 1.50 bits per heavy atom. The van der Waals surface area contributed by atoms with Gasteiger partial charge in [-0.25, -0.2) is 0 Å². The van der Waals surface area contributed by atoms with Gasteiger partial charge in [0.25, 0.3) is 0 Å². The van der Waals surface area contributed by atoms with E-state index >= 15 is 0 Å². The maximum Gasteiger partial charge on any atom is 0.0138 e. The van der Waals surface area contributed by atoms with Gasteiger partial charge in [-0.2, -0.15) is 0 Å². The van der Waals surface area contributed by atoms with Crippen LogP contribution in [-0.2, 0) is 0 Å². The number of nitrogens with zero attached hydrogens (tertiary/aromatic N) is 1. The highest BCUT2D eigenvalue weighted by molar-refractivity contribution is 4.84. The summed E-state index contributed by atoms with van der Waals surface area (Å²) in [5, 5.41) is 0. The maximum absolute atomic E-state index is 5.84. The van der Waals surface area contributed by atoms with Gasteiger partial charge in [-0.15, -0.1) is 0 Å². The van der Waals surface area contributed by atoms with Crippen molar-refractivity contribution in [3.63, 3.8) is 0 Å². The quantitative estimate of drug-likeness (QED) is 0.631. The number of hydrogen-bond donors (Lipinski definition) is 1.